The maximum atomic E-state index is 11.0. The lowest BCUT2D eigenvalue weighted by atomic mass is 10.3. The van der Waals surface area contributed by atoms with E-state index < -0.39 is 0 Å². The van der Waals surface area contributed by atoms with Gasteiger partial charge in [0.15, 0.2) is 0 Å². The quantitative estimate of drug-likeness (QED) is 0.540. The summed E-state index contributed by atoms with van der Waals surface area (Å²) in [6.07, 6.45) is 3.79. The van der Waals surface area contributed by atoms with Crippen molar-refractivity contribution < 1.29 is 14.3 Å². The lowest BCUT2D eigenvalue weighted by Crippen LogP contribution is -2.18. The lowest BCUT2D eigenvalue weighted by Gasteiger charge is -2.02. The maximum Gasteiger partial charge on any atom is 0.325 e. The number of rotatable bonds is 7. The van der Waals surface area contributed by atoms with E-state index in [1.807, 2.05) is 18.5 Å². The van der Waals surface area contributed by atoms with Crippen molar-refractivity contribution in [2.75, 3.05) is 27.4 Å². The van der Waals surface area contributed by atoms with Crippen LogP contribution in [0.3, 0.4) is 0 Å². The van der Waals surface area contributed by atoms with Gasteiger partial charge in [0.2, 0.25) is 0 Å². The second kappa shape index (κ2) is 7.03. The molecular formula is C11H18N2O3. The predicted octanol–water partition coefficient (Wildman–Crippen LogP) is 0.397. The third kappa shape index (κ3) is 4.46. The van der Waals surface area contributed by atoms with Gasteiger partial charge in [-0.2, -0.15) is 0 Å². The van der Waals surface area contributed by atoms with Gasteiger partial charge >= 0.3 is 5.97 Å². The van der Waals surface area contributed by atoms with Gasteiger partial charge in [0.1, 0.15) is 6.54 Å². The molecule has 0 radical (unpaired) electrons. The zero-order valence-corrected chi connectivity index (χ0v) is 9.73. The highest BCUT2D eigenvalue weighted by molar-refractivity contribution is 5.68. The van der Waals surface area contributed by atoms with E-state index >= 15 is 0 Å². The van der Waals surface area contributed by atoms with E-state index in [2.05, 4.69) is 10.1 Å². The van der Waals surface area contributed by atoms with E-state index in [0.717, 1.165) is 18.7 Å². The van der Waals surface area contributed by atoms with Gasteiger partial charge in [-0.15, -0.1) is 0 Å². The van der Waals surface area contributed by atoms with E-state index in [9.17, 15) is 4.79 Å². The largest absolute Gasteiger partial charge is 0.468 e. The fraction of sp³-hybridized carbons (Fsp3) is 0.545. The number of hydrogen-bond acceptors (Lipinski definition) is 4. The molecule has 0 amide bonds. The van der Waals surface area contributed by atoms with Crippen LogP contribution in [0.15, 0.2) is 18.5 Å². The van der Waals surface area contributed by atoms with Gasteiger partial charge in [0, 0.05) is 32.6 Å². The van der Waals surface area contributed by atoms with Crippen LogP contribution in [0.25, 0.3) is 0 Å². The van der Waals surface area contributed by atoms with Crippen LogP contribution in [-0.4, -0.2) is 37.9 Å². The van der Waals surface area contributed by atoms with Crippen molar-refractivity contribution in [2.24, 2.45) is 0 Å². The van der Waals surface area contributed by atoms with Crippen LogP contribution < -0.4 is 5.32 Å². The van der Waals surface area contributed by atoms with E-state index in [1.165, 1.54) is 7.11 Å². The summed E-state index contributed by atoms with van der Waals surface area (Å²) in [5, 5.41) is 3.23. The molecule has 0 aliphatic rings. The molecule has 1 rings (SSSR count). The average Bonchev–Trinajstić information content (AvgIpc) is 2.72. The smallest absolute Gasteiger partial charge is 0.325 e. The van der Waals surface area contributed by atoms with Crippen molar-refractivity contribution in [3.05, 3.63) is 24.0 Å². The fourth-order valence-electron chi connectivity index (χ4n) is 1.31. The summed E-state index contributed by atoms with van der Waals surface area (Å²) in [5.74, 6) is -0.241. The zero-order valence-electron chi connectivity index (χ0n) is 9.73. The van der Waals surface area contributed by atoms with Crippen LogP contribution in [-0.2, 0) is 27.4 Å². The number of nitrogens with one attached hydrogen (secondary N) is 1. The molecule has 0 fully saturated rings. The van der Waals surface area contributed by atoms with Gasteiger partial charge < -0.3 is 19.4 Å². The molecule has 1 heterocycles. The second-order valence-electron chi connectivity index (χ2n) is 3.44. The van der Waals surface area contributed by atoms with Crippen molar-refractivity contribution in [1.82, 2.24) is 9.88 Å². The van der Waals surface area contributed by atoms with Gasteiger partial charge in [0.05, 0.1) is 13.7 Å². The highest BCUT2D eigenvalue weighted by atomic mass is 16.5. The number of carbonyl (C=O) groups is 1. The van der Waals surface area contributed by atoms with E-state index in [1.54, 1.807) is 11.7 Å². The number of nitrogens with zero attached hydrogens (tertiary/aromatic N) is 1. The van der Waals surface area contributed by atoms with E-state index in [0.29, 0.717) is 6.61 Å². The first kappa shape index (κ1) is 12.7. The number of esters is 1. The van der Waals surface area contributed by atoms with Gasteiger partial charge in [-0.3, -0.25) is 4.79 Å². The highest BCUT2D eigenvalue weighted by Gasteiger charge is 2.02. The van der Waals surface area contributed by atoms with Gasteiger partial charge in [0.25, 0.3) is 0 Å². The molecule has 5 nitrogen and oxygen atoms in total. The van der Waals surface area contributed by atoms with Crippen molar-refractivity contribution >= 4 is 5.97 Å². The Balaban J connectivity index is 2.30. The Hall–Kier alpha value is -1.33. The molecule has 0 atom stereocenters. The molecule has 0 spiro atoms. The summed E-state index contributed by atoms with van der Waals surface area (Å²) >= 11 is 0. The molecule has 0 aliphatic heterocycles. The Bertz CT molecular complexity index is 323. The summed E-state index contributed by atoms with van der Waals surface area (Å²) < 4.78 is 11.3. The normalized spacial score (nSPS) is 10.4. The molecule has 0 saturated heterocycles. The summed E-state index contributed by atoms with van der Waals surface area (Å²) in [5.41, 5.74) is 1.14. The molecule has 0 aliphatic carbocycles. The molecule has 1 aromatic heterocycles. The van der Waals surface area contributed by atoms with Crippen LogP contribution in [0.1, 0.15) is 5.56 Å². The number of methoxy groups -OCH3 is 2. The van der Waals surface area contributed by atoms with Crippen LogP contribution in [0.2, 0.25) is 0 Å². The van der Waals surface area contributed by atoms with Gasteiger partial charge in [-0.25, -0.2) is 0 Å². The average molecular weight is 226 g/mol. The van der Waals surface area contributed by atoms with E-state index in [4.69, 9.17) is 4.74 Å². The van der Waals surface area contributed by atoms with Crippen molar-refractivity contribution in [1.29, 1.82) is 0 Å². The first-order valence-electron chi connectivity index (χ1n) is 5.17. The van der Waals surface area contributed by atoms with Crippen LogP contribution in [0.4, 0.5) is 0 Å². The predicted molar refractivity (Wildman–Crippen MR) is 60.0 cm³/mol. The Morgan fingerprint density at radius 1 is 1.50 bits per heavy atom. The van der Waals surface area contributed by atoms with Gasteiger partial charge in [-0.1, -0.05) is 0 Å². The van der Waals surface area contributed by atoms with Crippen LogP contribution in [0.5, 0.6) is 0 Å². The third-order valence-corrected chi connectivity index (χ3v) is 2.16. The van der Waals surface area contributed by atoms with Crippen molar-refractivity contribution in [3.8, 4) is 0 Å². The summed E-state index contributed by atoms with van der Waals surface area (Å²) in [7, 11) is 3.06. The number of hydrogen-bond donors (Lipinski definition) is 1. The zero-order chi connectivity index (χ0) is 11.8. The Kier molecular flexibility index (Phi) is 5.60. The first-order valence-corrected chi connectivity index (χ1v) is 5.17. The maximum absolute atomic E-state index is 11.0. The minimum atomic E-state index is -0.241. The molecular weight excluding hydrogens is 208 g/mol. The summed E-state index contributed by atoms with van der Waals surface area (Å²) in [6, 6.07) is 1.97. The Labute approximate surface area is 95.3 Å². The number of ether oxygens (including phenoxy) is 2. The van der Waals surface area contributed by atoms with Crippen molar-refractivity contribution in [2.45, 2.75) is 13.1 Å². The Morgan fingerprint density at radius 2 is 2.31 bits per heavy atom. The molecule has 0 aromatic carbocycles. The number of carbonyl (C=O) groups excluding carboxylic acids is 1. The van der Waals surface area contributed by atoms with Crippen molar-refractivity contribution in [3.63, 3.8) is 0 Å². The minimum Gasteiger partial charge on any atom is -0.468 e. The highest BCUT2D eigenvalue weighted by Crippen LogP contribution is 2.01. The topological polar surface area (TPSA) is 52.5 Å². The third-order valence-electron chi connectivity index (χ3n) is 2.16. The standard InChI is InChI=1S/C11H18N2O3/c1-15-6-4-12-7-10-3-5-13(8-10)9-11(14)16-2/h3,5,8,12H,4,6-7,9H2,1-2H3. The summed E-state index contributed by atoms with van der Waals surface area (Å²) in [4.78, 5) is 11.0. The fourth-order valence-corrected chi connectivity index (χ4v) is 1.31. The minimum absolute atomic E-state index is 0.241. The number of aromatic nitrogens is 1. The van der Waals surface area contributed by atoms with Gasteiger partial charge in [-0.05, 0) is 11.6 Å². The molecule has 1 N–H and O–H groups in total. The Morgan fingerprint density at radius 3 is 3.00 bits per heavy atom. The molecule has 90 valence electrons. The monoisotopic (exact) mass is 226 g/mol. The summed E-state index contributed by atoms with van der Waals surface area (Å²) in [6.45, 7) is 2.55. The molecule has 16 heavy (non-hydrogen) atoms. The van der Waals surface area contributed by atoms with Crippen LogP contribution in [0, 0.1) is 0 Å². The molecule has 1 aromatic rings. The molecule has 0 unspecified atom stereocenters. The first-order chi connectivity index (χ1) is 7.76. The SMILES string of the molecule is COCCNCc1ccn(CC(=O)OC)c1. The lowest BCUT2D eigenvalue weighted by molar-refractivity contribution is -0.141. The molecule has 5 heteroatoms. The molecule has 0 saturated carbocycles. The van der Waals surface area contributed by atoms with Crippen LogP contribution >= 0.6 is 0 Å². The molecule has 0 bridgehead atoms. The second-order valence-corrected chi connectivity index (χ2v) is 3.44. The van der Waals surface area contributed by atoms with E-state index in [-0.39, 0.29) is 12.5 Å².